The van der Waals surface area contributed by atoms with Crippen molar-refractivity contribution in [1.29, 1.82) is 0 Å². The number of hydrogen-bond acceptors (Lipinski definition) is 2. The van der Waals surface area contributed by atoms with Crippen LogP contribution < -0.4 is 11.1 Å². The van der Waals surface area contributed by atoms with Gasteiger partial charge in [-0.1, -0.05) is 49.6 Å². The first-order chi connectivity index (χ1) is 8.68. The van der Waals surface area contributed by atoms with E-state index in [0.717, 1.165) is 18.4 Å². The molecule has 0 unspecified atom stereocenters. The van der Waals surface area contributed by atoms with Gasteiger partial charge in [0.05, 0.1) is 6.42 Å². The molecule has 1 aromatic rings. The van der Waals surface area contributed by atoms with E-state index < -0.39 is 0 Å². The number of rotatable bonds is 4. The largest absolute Gasteiger partial charge is 0.354 e. The second-order valence-corrected chi connectivity index (χ2v) is 5.36. The molecule has 2 rings (SSSR count). The first kappa shape index (κ1) is 16.0. The van der Waals surface area contributed by atoms with Gasteiger partial charge in [-0.25, -0.2) is 0 Å². The highest BCUT2D eigenvalue weighted by molar-refractivity contribution is 5.85. The normalized spacial score (nSPS) is 17.3. The van der Waals surface area contributed by atoms with Gasteiger partial charge in [0.25, 0.3) is 0 Å². The van der Waals surface area contributed by atoms with E-state index in [4.69, 9.17) is 5.73 Å². The van der Waals surface area contributed by atoms with Gasteiger partial charge in [-0.2, -0.15) is 0 Å². The summed E-state index contributed by atoms with van der Waals surface area (Å²) in [5, 5.41) is 2.98. The average molecular weight is 283 g/mol. The van der Waals surface area contributed by atoms with E-state index >= 15 is 0 Å². The number of carbonyl (C=O) groups is 1. The molecular weight excluding hydrogens is 260 g/mol. The monoisotopic (exact) mass is 282 g/mol. The molecule has 1 saturated carbocycles. The third-order valence-corrected chi connectivity index (χ3v) is 3.69. The van der Waals surface area contributed by atoms with E-state index in [0.29, 0.717) is 13.0 Å². The van der Waals surface area contributed by atoms with Crippen LogP contribution in [0.2, 0.25) is 0 Å². The van der Waals surface area contributed by atoms with Crippen LogP contribution in [0.1, 0.15) is 37.7 Å². The van der Waals surface area contributed by atoms with Crippen molar-refractivity contribution in [2.24, 2.45) is 5.73 Å². The summed E-state index contributed by atoms with van der Waals surface area (Å²) >= 11 is 0. The molecule has 3 N–H and O–H groups in total. The van der Waals surface area contributed by atoms with Gasteiger partial charge >= 0.3 is 0 Å². The van der Waals surface area contributed by atoms with Gasteiger partial charge in [0, 0.05) is 12.1 Å². The predicted molar refractivity (Wildman–Crippen MR) is 80.4 cm³/mol. The van der Waals surface area contributed by atoms with Crippen LogP contribution in [-0.2, 0) is 11.2 Å². The Hall–Kier alpha value is -1.06. The van der Waals surface area contributed by atoms with Crippen molar-refractivity contribution in [3.63, 3.8) is 0 Å². The third kappa shape index (κ3) is 5.21. The molecule has 0 aliphatic heterocycles. The second-order valence-electron chi connectivity index (χ2n) is 5.36. The molecular formula is C15H23ClN2O. The Morgan fingerprint density at radius 1 is 1.16 bits per heavy atom. The number of halogens is 1. The molecule has 1 aliphatic carbocycles. The Kier molecular flexibility index (Phi) is 6.32. The number of hydrogen-bond donors (Lipinski definition) is 2. The quantitative estimate of drug-likeness (QED) is 0.891. The molecule has 4 heteroatoms. The minimum absolute atomic E-state index is 0. The average Bonchev–Trinajstić information content (AvgIpc) is 2.39. The fraction of sp³-hybridized carbons (Fsp3) is 0.533. The molecule has 0 atom stereocenters. The standard InChI is InChI=1S/C15H22N2O.ClH/c16-15(9-5-2-6-10-15)12-17-14(18)11-13-7-3-1-4-8-13;/h1,3-4,7-8H,2,5-6,9-12,16H2,(H,17,18);1H. The van der Waals surface area contributed by atoms with Crippen LogP contribution >= 0.6 is 12.4 Å². The van der Waals surface area contributed by atoms with Gasteiger partial charge in [0.1, 0.15) is 0 Å². The van der Waals surface area contributed by atoms with Crippen molar-refractivity contribution in [2.45, 2.75) is 44.1 Å². The molecule has 19 heavy (non-hydrogen) atoms. The van der Waals surface area contributed by atoms with Crippen LogP contribution in [-0.4, -0.2) is 18.0 Å². The molecule has 0 bridgehead atoms. The molecule has 1 aromatic carbocycles. The maximum atomic E-state index is 11.8. The molecule has 3 nitrogen and oxygen atoms in total. The minimum Gasteiger partial charge on any atom is -0.354 e. The molecule has 1 aliphatic rings. The lowest BCUT2D eigenvalue weighted by Gasteiger charge is -2.33. The van der Waals surface area contributed by atoms with Crippen molar-refractivity contribution in [3.05, 3.63) is 35.9 Å². The Labute approximate surface area is 121 Å². The molecule has 0 spiro atoms. The molecule has 0 radical (unpaired) electrons. The van der Waals surface area contributed by atoms with Crippen LogP contribution in [0.5, 0.6) is 0 Å². The van der Waals surface area contributed by atoms with Crippen molar-refractivity contribution in [3.8, 4) is 0 Å². The summed E-state index contributed by atoms with van der Waals surface area (Å²) in [6.07, 6.45) is 6.14. The summed E-state index contributed by atoms with van der Waals surface area (Å²) in [6, 6.07) is 9.80. The first-order valence-electron chi connectivity index (χ1n) is 6.77. The van der Waals surface area contributed by atoms with Crippen LogP contribution in [0, 0.1) is 0 Å². The Balaban J connectivity index is 0.00000180. The summed E-state index contributed by atoms with van der Waals surface area (Å²) in [5.74, 6) is 0.0663. The van der Waals surface area contributed by atoms with E-state index in [1.165, 1.54) is 19.3 Å². The second kappa shape index (κ2) is 7.51. The van der Waals surface area contributed by atoms with Gasteiger partial charge in [-0.05, 0) is 18.4 Å². The predicted octanol–water partition coefficient (Wildman–Crippen LogP) is 2.43. The molecule has 0 aromatic heterocycles. The van der Waals surface area contributed by atoms with Crippen molar-refractivity contribution >= 4 is 18.3 Å². The SMILES string of the molecule is Cl.NC1(CNC(=O)Cc2ccccc2)CCCCC1. The molecule has 1 fully saturated rings. The number of nitrogens with one attached hydrogen (secondary N) is 1. The van der Waals surface area contributed by atoms with Crippen molar-refractivity contribution < 1.29 is 4.79 Å². The molecule has 1 amide bonds. The topological polar surface area (TPSA) is 55.1 Å². The fourth-order valence-corrected chi connectivity index (χ4v) is 2.55. The zero-order valence-corrected chi connectivity index (χ0v) is 12.0. The van der Waals surface area contributed by atoms with Crippen LogP contribution in [0.3, 0.4) is 0 Å². The van der Waals surface area contributed by atoms with Gasteiger partial charge in [0.2, 0.25) is 5.91 Å². The summed E-state index contributed by atoms with van der Waals surface area (Å²) in [7, 11) is 0. The zero-order chi connectivity index (χ0) is 12.8. The van der Waals surface area contributed by atoms with E-state index in [1.54, 1.807) is 0 Å². The Bertz CT molecular complexity index is 388. The minimum atomic E-state index is -0.176. The molecule has 0 heterocycles. The van der Waals surface area contributed by atoms with Crippen molar-refractivity contribution in [2.75, 3.05) is 6.54 Å². The summed E-state index contributed by atoms with van der Waals surface area (Å²) < 4.78 is 0. The third-order valence-electron chi connectivity index (χ3n) is 3.69. The van der Waals surface area contributed by atoms with E-state index in [-0.39, 0.29) is 23.9 Å². The zero-order valence-electron chi connectivity index (χ0n) is 11.2. The highest BCUT2D eigenvalue weighted by atomic mass is 35.5. The maximum Gasteiger partial charge on any atom is 0.224 e. The van der Waals surface area contributed by atoms with Crippen LogP contribution in [0.4, 0.5) is 0 Å². The van der Waals surface area contributed by atoms with E-state index in [9.17, 15) is 4.79 Å². The number of amides is 1. The summed E-state index contributed by atoms with van der Waals surface area (Å²) in [6.45, 7) is 0.610. The van der Waals surface area contributed by atoms with E-state index in [1.807, 2.05) is 30.3 Å². The molecule has 0 saturated heterocycles. The highest BCUT2D eigenvalue weighted by Gasteiger charge is 2.27. The highest BCUT2D eigenvalue weighted by Crippen LogP contribution is 2.25. The lowest BCUT2D eigenvalue weighted by Crippen LogP contribution is -2.51. The van der Waals surface area contributed by atoms with Crippen LogP contribution in [0.15, 0.2) is 30.3 Å². The van der Waals surface area contributed by atoms with Gasteiger partial charge in [-0.3, -0.25) is 4.79 Å². The van der Waals surface area contributed by atoms with E-state index in [2.05, 4.69) is 5.32 Å². The number of benzene rings is 1. The number of carbonyl (C=O) groups excluding carboxylic acids is 1. The first-order valence-corrected chi connectivity index (χ1v) is 6.77. The lowest BCUT2D eigenvalue weighted by atomic mass is 9.82. The van der Waals surface area contributed by atoms with Gasteiger partial charge in [-0.15, -0.1) is 12.4 Å². The van der Waals surface area contributed by atoms with Crippen molar-refractivity contribution in [1.82, 2.24) is 5.32 Å². The molecule has 106 valence electrons. The van der Waals surface area contributed by atoms with Gasteiger partial charge < -0.3 is 11.1 Å². The summed E-state index contributed by atoms with van der Waals surface area (Å²) in [4.78, 5) is 11.8. The Morgan fingerprint density at radius 3 is 2.42 bits per heavy atom. The lowest BCUT2D eigenvalue weighted by molar-refractivity contribution is -0.120. The smallest absolute Gasteiger partial charge is 0.224 e. The summed E-state index contributed by atoms with van der Waals surface area (Å²) in [5.41, 5.74) is 7.16. The van der Waals surface area contributed by atoms with Gasteiger partial charge in [0.15, 0.2) is 0 Å². The van der Waals surface area contributed by atoms with Crippen LogP contribution in [0.25, 0.3) is 0 Å². The fourth-order valence-electron chi connectivity index (χ4n) is 2.55. The maximum absolute atomic E-state index is 11.8. The Morgan fingerprint density at radius 2 is 1.79 bits per heavy atom. The number of nitrogens with two attached hydrogens (primary N) is 1.